The Morgan fingerprint density at radius 3 is 2.89 bits per heavy atom. The summed E-state index contributed by atoms with van der Waals surface area (Å²) in [5.41, 5.74) is 3.07. The summed E-state index contributed by atoms with van der Waals surface area (Å²) < 4.78 is 1.90. The van der Waals surface area contributed by atoms with Crippen LogP contribution in [0, 0.1) is 0 Å². The van der Waals surface area contributed by atoms with E-state index in [1.165, 1.54) is 0 Å². The van der Waals surface area contributed by atoms with Gasteiger partial charge in [-0.3, -0.25) is 4.68 Å². The van der Waals surface area contributed by atoms with Crippen LogP contribution in [0.25, 0.3) is 11.4 Å². The second kappa shape index (κ2) is 4.55. The molecule has 0 N–H and O–H groups in total. The minimum Gasteiger partial charge on any atom is -0.270 e. The highest BCUT2D eigenvalue weighted by molar-refractivity contribution is 7.98. The summed E-state index contributed by atoms with van der Waals surface area (Å²) in [4.78, 5) is 8.96. The minimum absolute atomic E-state index is 0.333. The summed E-state index contributed by atoms with van der Waals surface area (Å²) in [6.07, 6.45) is 3.75. The summed E-state index contributed by atoms with van der Waals surface area (Å²) in [6, 6.07) is 0.333. The molecule has 18 heavy (non-hydrogen) atoms. The molecule has 0 radical (unpaired) electrons. The Bertz CT molecular complexity index is 594. The number of fused-ring (bicyclic) bond motifs is 1. The van der Waals surface area contributed by atoms with Gasteiger partial charge in [0.05, 0.1) is 17.5 Å². The number of nitrogens with zero attached hydrogens (tertiary/aromatic N) is 4. The zero-order chi connectivity index (χ0) is 12.7. The lowest BCUT2D eigenvalue weighted by atomic mass is 10.2. The first-order valence-corrected chi connectivity index (χ1v) is 7.36. The van der Waals surface area contributed by atoms with E-state index in [0.29, 0.717) is 17.0 Å². The quantitative estimate of drug-likeness (QED) is 0.792. The number of halogens is 1. The van der Waals surface area contributed by atoms with Crippen molar-refractivity contribution in [1.29, 1.82) is 0 Å². The molecule has 2 aromatic heterocycles. The molecule has 6 heteroatoms. The largest absolute Gasteiger partial charge is 0.270 e. The Morgan fingerprint density at radius 1 is 1.33 bits per heavy atom. The molecule has 0 unspecified atom stereocenters. The van der Waals surface area contributed by atoms with Crippen molar-refractivity contribution in [3.05, 3.63) is 28.8 Å². The molecule has 0 amide bonds. The van der Waals surface area contributed by atoms with Crippen molar-refractivity contribution in [3.8, 4) is 11.4 Å². The van der Waals surface area contributed by atoms with Gasteiger partial charge in [0.2, 0.25) is 0 Å². The van der Waals surface area contributed by atoms with Crippen LogP contribution in [0.5, 0.6) is 0 Å². The van der Waals surface area contributed by atoms with Crippen LogP contribution in [0.4, 0.5) is 0 Å². The van der Waals surface area contributed by atoms with Crippen LogP contribution in [-0.2, 0) is 11.5 Å². The monoisotopic (exact) mass is 280 g/mol. The average molecular weight is 281 g/mol. The van der Waals surface area contributed by atoms with Gasteiger partial charge in [-0.2, -0.15) is 16.9 Å². The number of hydrogen-bond acceptors (Lipinski definition) is 4. The smallest absolute Gasteiger partial charge is 0.164 e. The molecule has 3 rings (SSSR count). The molecular formula is C12H13ClN4S. The molecule has 0 atom stereocenters. The highest BCUT2D eigenvalue weighted by Gasteiger charge is 2.19. The van der Waals surface area contributed by atoms with E-state index in [9.17, 15) is 0 Å². The van der Waals surface area contributed by atoms with E-state index < -0.39 is 0 Å². The van der Waals surface area contributed by atoms with Gasteiger partial charge < -0.3 is 0 Å². The summed E-state index contributed by atoms with van der Waals surface area (Å²) in [5, 5.41) is 4.88. The number of aromatic nitrogens is 4. The molecule has 0 aliphatic carbocycles. The molecule has 2 aromatic rings. The third-order valence-corrected chi connectivity index (χ3v) is 4.20. The van der Waals surface area contributed by atoms with Crippen molar-refractivity contribution in [2.24, 2.45) is 0 Å². The molecular weight excluding hydrogens is 268 g/mol. The predicted octanol–water partition coefficient (Wildman–Crippen LogP) is 3.32. The lowest BCUT2D eigenvalue weighted by Gasteiger charge is -2.04. The van der Waals surface area contributed by atoms with Gasteiger partial charge in [0.25, 0.3) is 0 Å². The van der Waals surface area contributed by atoms with Crippen LogP contribution in [-0.4, -0.2) is 19.7 Å². The van der Waals surface area contributed by atoms with E-state index >= 15 is 0 Å². The van der Waals surface area contributed by atoms with Crippen molar-refractivity contribution < 1.29 is 0 Å². The molecule has 0 spiro atoms. The number of hydrogen-bond donors (Lipinski definition) is 0. The Balaban J connectivity index is 2.03. The highest BCUT2D eigenvalue weighted by Crippen LogP contribution is 2.34. The van der Waals surface area contributed by atoms with Gasteiger partial charge in [0.1, 0.15) is 5.15 Å². The molecule has 0 fully saturated rings. The van der Waals surface area contributed by atoms with Gasteiger partial charge in [0, 0.05) is 29.3 Å². The summed E-state index contributed by atoms with van der Waals surface area (Å²) in [6.45, 7) is 4.17. The SMILES string of the molecule is CC(C)n1cc(-c2nc(Cl)c3c(n2)CSC3)cn1. The summed E-state index contributed by atoms with van der Waals surface area (Å²) in [5.74, 6) is 2.51. The van der Waals surface area contributed by atoms with Crippen LogP contribution in [0.15, 0.2) is 12.4 Å². The molecule has 0 aromatic carbocycles. The Kier molecular flexibility index (Phi) is 3.03. The van der Waals surface area contributed by atoms with Crippen LogP contribution >= 0.6 is 23.4 Å². The van der Waals surface area contributed by atoms with Crippen LogP contribution in [0.1, 0.15) is 31.1 Å². The third kappa shape index (κ3) is 2.01. The van der Waals surface area contributed by atoms with Crippen molar-refractivity contribution in [3.63, 3.8) is 0 Å². The first kappa shape index (κ1) is 12.0. The average Bonchev–Trinajstić information content (AvgIpc) is 2.97. The van der Waals surface area contributed by atoms with Gasteiger partial charge in [-0.25, -0.2) is 9.97 Å². The van der Waals surface area contributed by atoms with Crippen LogP contribution in [0.3, 0.4) is 0 Å². The molecule has 0 saturated heterocycles. The normalized spacial score (nSPS) is 14.2. The topological polar surface area (TPSA) is 43.6 Å². The van der Waals surface area contributed by atoms with Crippen LogP contribution in [0.2, 0.25) is 5.15 Å². The Hall–Kier alpha value is -1.07. The summed E-state index contributed by atoms with van der Waals surface area (Å²) in [7, 11) is 0. The number of thioether (sulfide) groups is 1. The van der Waals surface area contributed by atoms with E-state index in [2.05, 4.69) is 28.9 Å². The zero-order valence-electron chi connectivity index (χ0n) is 10.2. The molecule has 1 aliphatic heterocycles. The van der Waals surface area contributed by atoms with E-state index in [4.69, 9.17) is 11.6 Å². The van der Waals surface area contributed by atoms with Crippen molar-refractivity contribution >= 4 is 23.4 Å². The second-order valence-corrected chi connectivity index (χ2v) is 5.90. The predicted molar refractivity (Wildman–Crippen MR) is 73.6 cm³/mol. The Labute approximate surface area is 115 Å². The van der Waals surface area contributed by atoms with Gasteiger partial charge >= 0.3 is 0 Å². The Morgan fingerprint density at radius 2 is 2.17 bits per heavy atom. The standard InChI is InChI=1S/C12H13ClN4S/c1-7(2)17-4-8(3-14-17)12-15-10-6-18-5-9(10)11(13)16-12/h3-4,7H,5-6H2,1-2H3. The maximum Gasteiger partial charge on any atom is 0.164 e. The van der Waals surface area contributed by atoms with E-state index in [1.54, 1.807) is 6.20 Å². The summed E-state index contributed by atoms with van der Waals surface area (Å²) >= 11 is 8.03. The van der Waals surface area contributed by atoms with E-state index in [1.807, 2.05) is 22.6 Å². The highest BCUT2D eigenvalue weighted by atomic mass is 35.5. The van der Waals surface area contributed by atoms with Crippen LogP contribution < -0.4 is 0 Å². The van der Waals surface area contributed by atoms with E-state index in [-0.39, 0.29) is 0 Å². The second-order valence-electron chi connectivity index (χ2n) is 4.56. The molecule has 0 saturated carbocycles. The van der Waals surface area contributed by atoms with E-state index in [0.717, 1.165) is 28.3 Å². The van der Waals surface area contributed by atoms with Gasteiger partial charge in [-0.15, -0.1) is 0 Å². The molecule has 0 bridgehead atoms. The van der Waals surface area contributed by atoms with Crippen molar-refractivity contribution in [1.82, 2.24) is 19.7 Å². The zero-order valence-corrected chi connectivity index (χ0v) is 11.8. The van der Waals surface area contributed by atoms with Gasteiger partial charge in [0.15, 0.2) is 5.82 Å². The van der Waals surface area contributed by atoms with Gasteiger partial charge in [-0.1, -0.05) is 11.6 Å². The third-order valence-electron chi connectivity index (χ3n) is 2.92. The molecule has 4 nitrogen and oxygen atoms in total. The van der Waals surface area contributed by atoms with Crippen molar-refractivity contribution in [2.75, 3.05) is 0 Å². The molecule has 3 heterocycles. The number of rotatable bonds is 2. The lowest BCUT2D eigenvalue weighted by Crippen LogP contribution is -2.00. The first-order chi connectivity index (χ1) is 8.65. The fraction of sp³-hybridized carbons (Fsp3) is 0.417. The molecule has 94 valence electrons. The maximum absolute atomic E-state index is 6.20. The fourth-order valence-electron chi connectivity index (χ4n) is 1.88. The van der Waals surface area contributed by atoms with Crippen molar-refractivity contribution in [2.45, 2.75) is 31.4 Å². The maximum atomic E-state index is 6.20. The molecule has 1 aliphatic rings. The van der Waals surface area contributed by atoms with Gasteiger partial charge in [-0.05, 0) is 13.8 Å². The first-order valence-electron chi connectivity index (χ1n) is 5.82. The lowest BCUT2D eigenvalue weighted by molar-refractivity contribution is 0.532. The minimum atomic E-state index is 0.333. The fourth-order valence-corrected chi connectivity index (χ4v) is 3.25.